The fourth-order valence-corrected chi connectivity index (χ4v) is 4.06. The van der Waals surface area contributed by atoms with Gasteiger partial charge in [-0.3, -0.25) is 4.68 Å². The molecule has 1 aromatic heterocycles. The lowest BCUT2D eigenvalue weighted by Gasteiger charge is -2.23. The van der Waals surface area contributed by atoms with E-state index in [1.54, 1.807) is 19.1 Å². The van der Waals surface area contributed by atoms with Crippen molar-refractivity contribution in [3.63, 3.8) is 0 Å². The van der Waals surface area contributed by atoms with E-state index in [1.165, 1.54) is 18.3 Å². The van der Waals surface area contributed by atoms with E-state index in [1.807, 2.05) is 0 Å². The molecule has 0 radical (unpaired) electrons. The maximum Gasteiger partial charge on any atom is 0.435 e. The van der Waals surface area contributed by atoms with Gasteiger partial charge in [0.2, 0.25) is 0 Å². The van der Waals surface area contributed by atoms with Crippen molar-refractivity contribution in [2.75, 3.05) is 11.9 Å². The first-order valence-corrected chi connectivity index (χ1v) is 11.4. The molecule has 1 aromatic carbocycles. The van der Waals surface area contributed by atoms with Crippen LogP contribution in [0.25, 0.3) is 0 Å². The summed E-state index contributed by atoms with van der Waals surface area (Å²) in [6, 6.07) is 6.47. The number of carbonyl (C=O) groups is 1. The predicted molar refractivity (Wildman–Crippen MR) is 118 cm³/mol. The van der Waals surface area contributed by atoms with Crippen LogP contribution in [0, 0.1) is 5.92 Å². The summed E-state index contributed by atoms with van der Waals surface area (Å²) in [6.45, 7) is -0.801. The number of rotatable bonds is 11. The van der Waals surface area contributed by atoms with E-state index < -0.39 is 30.7 Å². The van der Waals surface area contributed by atoms with Crippen LogP contribution in [0.15, 0.2) is 36.5 Å². The molecule has 2 atom stereocenters. The van der Waals surface area contributed by atoms with E-state index in [-0.39, 0.29) is 18.3 Å². The molecule has 194 valence electrons. The van der Waals surface area contributed by atoms with Crippen LogP contribution in [0.5, 0.6) is 5.75 Å². The van der Waals surface area contributed by atoms with Crippen molar-refractivity contribution in [1.29, 1.82) is 0 Å². The molecule has 1 aliphatic carbocycles. The first-order valence-electron chi connectivity index (χ1n) is 11.4. The third kappa shape index (κ3) is 8.91. The van der Waals surface area contributed by atoms with Gasteiger partial charge in [0.15, 0.2) is 5.69 Å². The van der Waals surface area contributed by atoms with Gasteiger partial charge in [0.1, 0.15) is 11.9 Å². The van der Waals surface area contributed by atoms with Gasteiger partial charge >= 0.3 is 18.9 Å². The lowest BCUT2D eigenvalue weighted by molar-refractivity contribution is -0.141. The van der Waals surface area contributed by atoms with Gasteiger partial charge in [0.05, 0.1) is 6.54 Å². The number of ether oxygens (including phenoxy) is 2. The zero-order valence-corrected chi connectivity index (χ0v) is 19.2. The standard InChI is InChI=1S/C23H29F5N4O3/c1-15(13-29-17-6-8-18(9-7-17)34-21(24)25)30-22(33)35-19(12-16-4-2-3-5-16)14-32-11-10-20(31-32)23(26,27)28/h6-11,15-16,19,21,29H,2-5,12-14H2,1H3,(H,30,33)/t15-,19-/m0/s1. The SMILES string of the molecule is C[C@@H](CNc1ccc(OC(F)F)cc1)NC(=O)O[C@@H](CC1CCCC1)Cn1ccc(C(F)(F)F)n1. The summed E-state index contributed by atoms with van der Waals surface area (Å²) in [5.74, 6) is 0.384. The largest absolute Gasteiger partial charge is 0.444 e. The predicted octanol–water partition coefficient (Wildman–Crippen LogP) is 5.68. The number of carbonyl (C=O) groups excluding carboxylic acids is 1. The van der Waals surface area contributed by atoms with Crippen molar-refractivity contribution in [1.82, 2.24) is 15.1 Å². The van der Waals surface area contributed by atoms with Crippen LogP contribution in [-0.2, 0) is 17.5 Å². The van der Waals surface area contributed by atoms with Crippen LogP contribution in [0.1, 0.15) is 44.7 Å². The molecule has 12 heteroatoms. The third-order valence-corrected chi connectivity index (χ3v) is 5.72. The highest BCUT2D eigenvalue weighted by Crippen LogP contribution is 2.30. The Kier molecular flexibility index (Phi) is 9.16. The van der Waals surface area contributed by atoms with Crippen molar-refractivity contribution in [3.8, 4) is 5.75 Å². The molecule has 1 saturated carbocycles. The molecule has 1 heterocycles. The Bertz CT molecular complexity index is 930. The quantitative estimate of drug-likeness (QED) is 0.385. The van der Waals surface area contributed by atoms with Crippen molar-refractivity contribution < 1.29 is 36.2 Å². The van der Waals surface area contributed by atoms with Gasteiger partial charge in [0, 0.05) is 24.5 Å². The summed E-state index contributed by atoms with van der Waals surface area (Å²) >= 11 is 0. The molecule has 3 rings (SSSR count). The number of nitrogens with one attached hydrogen (secondary N) is 2. The molecule has 1 amide bonds. The van der Waals surface area contributed by atoms with Gasteiger partial charge in [0.25, 0.3) is 0 Å². The van der Waals surface area contributed by atoms with Crippen LogP contribution in [0.3, 0.4) is 0 Å². The van der Waals surface area contributed by atoms with Crippen LogP contribution in [0.4, 0.5) is 32.4 Å². The Morgan fingerprint density at radius 1 is 1.17 bits per heavy atom. The molecule has 7 nitrogen and oxygen atoms in total. The Labute approximate surface area is 200 Å². The van der Waals surface area contributed by atoms with E-state index in [9.17, 15) is 26.7 Å². The molecule has 0 saturated heterocycles. The fraction of sp³-hybridized carbons (Fsp3) is 0.565. The van der Waals surface area contributed by atoms with Gasteiger partial charge in [-0.15, -0.1) is 0 Å². The number of aromatic nitrogens is 2. The van der Waals surface area contributed by atoms with E-state index in [0.717, 1.165) is 36.4 Å². The summed E-state index contributed by atoms with van der Waals surface area (Å²) in [5.41, 5.74) is -0.345. The lowest BCUT2D eigenvalue weighted by Crippen LogP contribution is -2.40. The Hall–Kier alpha value is -3.05. The summed E-state index contributed by atoms with van der Waals surface area (Å²) < 4.78 is 74.1. The molecular weight excluding hydrogens is 475 g/mol. The van der Waals surface area contributed by atoms with Gasteiger partial charge in [-0.25, -0.2) is 4.79 Å². The second-order valence-electron chi connectivity index (χ2n) is 8.66. The summed E-state index contributed by atoms with van der Waals surface area (Å²) in [7, 11) is 0. The number of amides is 1. The average Bonchev–Trinajstić information content (AvgIpc) is 3.45. The fourth-order valence-electron chi connectivity index (χ4n) is 4.06. The number of anilines is 1. The number of hydrogen-bond acceptors (Lipinski definition) is 5. The van der Waals surface area contributed by atoms with Crippen molar-refractivity contribution in [2.24, 2.45) is 5.92 Å². The minimum atomic E-state index is -4.54. The average molecular weight is 505 g/mol. The number of alkyl carbamates (subject to hydrolysis) is 1. The molecule has 1 fully saturated rings. The van der Waals surface area contributed by atoms with Crippen molar-refractivity contribution in [3.05, 3.63) is 42.2 Å². The van der Waals surface area contributed by atoms with E-state index in [4.69, 9.17) is 4.74 Å². The maximum atomic E-state index is 12.9. The van der Waals surface area contributed by atoms with Gasteiger partial charge < -0.3 is 20.1 Å². The highest BCUT2D eigenvalue weighted by Gasteiger charge is 2.34. The van der Waals surface area contributed by atoms with Gasteiger partial charge in [-0.05, 0) is 49.6 Å². The molecular formula is C23H29F5N4O3. The summed E-state index contributed by atoms with van der Waals surface area (Å²) in [4.78, 5) is 12.5. The molecule has 0 spiro atoms. The Balaban J connectivity index is 1.50. The molecule has 2 aromatic rings. The minimum Gasteiger partial charge on any atom is -0.444 e. The number of nitrogens with zero attached hydrogens (tertiary/aromatic N) is 2. The number of alkyl halides is 5. The van der Waals surface area contributed by atoms with Crippen LogP contribution in [0.2, 0.25) is 0 Å². The first kappa shape index (κ1) is 26.6. The second-order valence-corrected chi connectivity index (χ2v) is 8.66. The highest BCUT2D eigenvalue weighted by atomic mass is 19.4. The topological polar surface area (TPSA) is 77.4 Å². The normalized spacial score (nSPS) is 16.2. The molecule has 0 unspecified atom stereocenters. The number of halogens is 5. The van der Waals surface area contributed by atoms with Gasteiger partial charge in [-0.2, -0.15) is 27.1 Å². The van der Waals surface area contributed by atoms with E-state index in [2.05, 4.69) is 20.5 Å². The zero-order valence-electron chi connectivity index (χ0n) is 19.2. The first-order chi connectivity index (χ1) is 16.6. The molecule has 1 aliphatic rings. The lowest BCUT2D eigenvalue weighted by atomic mass is 10.00. The number of hydrogen-bond donors (Lipinski definition) is 2. The van der Waals surface area contributed by atoms with E-state index >= 15 is 0 Å². The Morgan fingerprint density at radius 2 is 1.86 bits per heavy atom. The van der Waals surface area contributed by atoms with E-state index in [0.29, 0.717) is 24.6 Å². The second kappa shape index (κ2) is 12.1. The number of benzene rings is 1. The van der Waals surface area contributed by atoms with Crippen molar-refractivity contribution in [2.45, 2.75) is 70.5 Å². The zero-order chi connectivity index (χ0) is 25.4. The highest BCUT2D eigenvalue weighted by molar-refractivity contribution is 5.67. The third-order valence-electron chi connectivity index (χ3n) is 5.72. The smallest absolute Gasteiger partial charge is 0.435 e. The molecule has 0 aliphatic heterocycles. The Morgan fingerprint density at radius 3 is 2.46 bits per heavy atom. The van der Waals surface area contributed by atoms with Crippen LogP contribution < -0.4 is 15.4 Å². The van der Waals surface area contributed by atoms with Crippen LogP contribution >= 0.6 is 0 Å². The summed E-state index contributed by atoms with van der Waals surface area (Å²) in [6.07, 6.45) is 0.107. The summed E-state index contributed by atoms with van der Waals surface area (Å²) in [5, 5.41) is 9.33. The van der Waals surface area contributed by atoms with Crippen LogP contribution in [-0.4, -0.2) is 41.2 Å². The van der Waals surface area contributed by atoms with Crippen molar-refractivity contribution >= 4 is 11.8 Å². The molecule has 2 N–H and O–H groups in total. The minimum absolute atomic E-state index is 0.0274. The molecule has 35 heavy (non-hydrogen) atoms. The van der Waals surface area contributed by atoms with Gasteiger partial charge in [-0.1, -0.05) is 25.7 Å². The molecule has 0 bridgehead atoms. The monoisotopic (exact) mass is 504 g/mol. The maximum absolute atomic E-state index is 12.9.